The van der Waals surface area contributed by atoms with Crippen LogP contribution in [-0.4, -0.2) is 43.0 Å². The summed E-state index contributed by atoms with van der Waals surface area (Å²) >= 11 is 0. The van der Waals surface area contributed by atoms with Crippen LogP contribution >= 0.6 is 0 Å². The number of aromatic nitrogens is 5. The van der Waals surface area contributed by atoms with Gasteiger partial charge in [-0.05, 0) is 32.4 Å². The molecule has 0 radical (unpaired) electrons. The van der Waals surface area contributed by atoms with Crippen LogP contribution in [0.3, 0.4) is 0 Å². The summed E-state index contributed by atoms with van der Waals surface area (Å²) in [6, 6.07) is 2.35. The molecule has 0 saturated heterocycles. The maximum Gasteiger partial charge on any atom is 0.459 e. The number of hydrogen-bond acceptors (Lipinski definition) is 4. The number of halogens is 8. The van der Waals surface area contributed by atoms with Gasteiger partial charge >= 0.3 is 18.3 Å². The Balaban J connectivity index is 1.71. The third-order valence-corrected chi connectivity index (χ3v) is 4.57. The lowest BCUT2D eigenvalue weighted by molar-refractivity contribution is -0.291. The molecule has 0 aliphatic carbocycles. The van der Waals surface area contributed by atoms with Gasteiger partial charge in [-0.2, -0.15) is 45.3 Å². The topological polar surface area (TPSA) is 77.1 Å². The van der Waals surface area contributed by atoms with E-state index in [1.807, 2.05) is 0 Å². The second-order valence-electron chi connectivity index (χ2n) is 7.16. The van der Waals surface area contributed by atoms with Crippen molar-refractivity contribution in [3.05, 3.63) is 46.7 Å². The fourth-order valence-electron chi connectivity index (χ4n) is 2.98. The minimum atomic E-state index is -5.89. The van der Waals surface area contributed by atoms with E-state index in [-0.39, 0.29) is 41.1 Å². The number of hydrogen-bond donors (Lipinski definition) is 1. The van der Waals surface area contributed by atoms with Crippen molar-refractivity contribution < 1.29 is 39.9 Å². The Bertz CT molecular complexity index is 1180. The van der Waals surface area contributed by atoms with Crippen molar-refractivity contribution in [1.29, 1.82) is 0 Å². The Kier molecular flexibility index (Phi) is 6.10. The average molecular weight is 484 g/mol. The summed E-state index contributed by atoms with van der Waals surface area (Å²) in [5.41, 5.74) is -3.27. The van der Waals surface area contributed by atoms with Gasteiger partial charge in [0, 0.05) is 30.5 Å². The molecule has 0 aromatic carbocycles. The van der Waals surface area contributed by atoms with E-state index in [0.29, 0.717) is 6.07 Å². The number of fused-ring (bicyclic) bond motifs is 1. The molecular weight excluding hydrogens is 468 g/mol. The van der Waals surface area contributed by atoms with Crippen molar-refractivity contribution in [1.82, 2.24) is 29.7 Å². The molecule has 7 nitrogen and oxygen atoms in total. The first-order valence-electron chi connectivity index (χ1n) is 9.33. The zero-order chi connectivity index (χ0) is 24.8. The monoisotopic (exact) mass is 484 g/mol. The Morgan fingerprint density at radius 3 is 2.24 bits per heavy atom. The molecule has 0 unspecified atom stereocenters. The molecule has 15 heteroatoms. The molecule has 0 spiro atoms. The van der Waals surface area contributed by atoms with Crippen LogP contribution in [0.1, 0.15) is 39.7 Å². The summed E-state index contributed by atoms with van der Waals surface area (Å²) in [6.07, 6.45) is -10.3. The molecular formula is C18H16F8N6O. The van der Waals surface area contributed by atoms with Gasteiger partial charge in [-0.3, -0.25) is 9.48 Å². The first-order valence-corrected chi connectivity index (χ1v) is 9.33. The van der Waals surface area contributed by atoms with Gasteiger partial charge in [0.1, 0.15) is 5.69 Å². The van der Waals surface area contributed by atoms with E-state index in [0.717, 1.165) is 16.8 Å². The van der Waals surface area contributed by atoms with Gasteiger partial charge in [-0.25, -0.2) is 9.50 Å². The van der Waals surface area contributed by atoms with Crippen LogP contribution in [0, 0.1) is 13.8 Å². The molecule has 3 heterocycles. The number of alkyl halides is 8. The van der Waals surface area contributed by atoms with Crippen LogP contribution in [0.2, 0.25) is 0 Å². The van der Waals surface area contributed by atoms with Crippen molar-refractivity contribution in [2.24, 2.45) is 0 Å². The summed E-state index contributed by atoms with van der Waals surface area (Å²) in [4.78, 5) is 16.1. The molecule has 3 aromatic rings. The number of carbonyl (C=O) groups excluding carboxylic acids is 1. The molecule has 0 bridgehead atoms. The Morgan fingerprint density at radius 1 is 1.00 bits per heavy atom. The first kappa shape index (κ1) is 24.4. The molecule has 0 aliphatic heterocycles. The average Bonchev–Trinajstić information content (AvgIpc) is 3.26. The van der Waals surface area contributed by atoms with E-state index < -0.39 is 41.3 Å². The van der Waals surface area contributed by atoms with E-state index in [4.69, 9.17) is 0 Å². The molecule has 1 N–H and O–H groups in total. The van der Waals surface area contributed by atoms with Crippen LogP contribution < -0.4 is 5.32 Å². The van der Waals surface area contributed by atoms with Gasteiger partial charge in [-0.15, -0.1) is 0 Å². The summed E-state index contributed by atoms with van der Waals surface area (Å²) in [7, 11) is 0. The molecule has 33 heavy (non-hydrogen) atoms. The normalized spacial score (nSPS) is 13.0. The van der Waals surface area contributed by atoms with Gasteiger partial charge in [0.15, 0.2) is 17.0 Å². The van der Waals surface area contributed by atoms with Crippen molar-refractivity contribution in [3.8, 4) is 0 Å². The lowest BCUT2D eigenvalue weighted by Crippen LogP contribution is -2.36. The van der Waals surface area contributed by atoms with E-state index in [9.17, 15) is 39.9 Å². The molecule has 180 valence electrons. The maximum absolute atomic E-state index is 13.9. The smallest absolute Gasteiger partial charge is 0.351 e. The third-order valence-electron chi connectivity index (χ3n) is 4.57. The second kappa shape index (κ2) is 8.26. The quantitative estimate of drug-likeness (QED) is 0.424. The van der Waals surface area contributed by atoms with E-state index in [1.54, 1.807) is 0 Å². The second-order valence-corrected chi connectivity index (χ2v) is 7.16. The molecule has 0 fully saturated rings. The highest BCUT2D eigenvalue weighted by molar-refractivity contribution is 5.93. The summed E-state index contributed by atoms with van der Waals surface area (Å²) in [5.74, 6) is -6.12. The Labute approximate surface area is 180 Å². The Morgan fingerprint density at radius 2 is 1.67 bits per heavy atom. The summed E-state index contributed by atoms with van der Waals surface area (Å²) < 4.78 is 106. The van der Waals surface area contributed by atoms with Crippen LogP contribution in [0.5, 0.6) is 0 Å². The predicted molar refractivity (Wildman–Crippen MR) is 96.6 cm³/mol. The molecule has 1 amide bonds. The summed E-state index contributed by atoms with van der Waals surface area (Å²) in [5, 5.41) is 9.35. The van der Waals surface area contributed by atoms with Crippen molar-refractivity contribution in [2.45, 2.75) is 45.1 Å². The number of amides is 1. The Hall–Kier alpha value is -3.26. The van der Waals surface area contributed by atoms with Crippen molar-refractivity contribution in [3.63, 3.8) is 0 Å². The highest BCUT2D eigenvalue weighted by atomic mass is 19.4. The molecule has 3 aromatic heterocycles. The first-order chi connectivity index (χ1) is 15.1. The molecule has 0 atom stereocenters. The van der Waals surface area contributed by atoms with Crippen LogP contribution in [-0.2, 0) is 18.6 Å². The van der Waals surface area contributed by atoms with E-state index >= 15 is 0 Å². The third kappa shape index (κ3) is 4.90. The number of carbonyl (C=O) groups is 1. The summed E-state index contributed by atoms with van der Waals surface area (Å²) in [6.45, 7) is 2.63. The fourth-order valence-corrected chi connectivity index (χ4v) is 2.98. The predicted octanol–water partition coefficient (Wildman–Crippen LogP) is 4.04. The highest BCUT2D eigenvalue weighted by Crippen LogP contribution is 2.43. The maximum atomic E-state index is 13.9. The number of aryl methyl sites for hydroxylation is 3. The standard InChI is InChI=1S/C18H16F8N6O/c1-9-6-13(16(19,20)18(24,25)26)32-14(28-9)8-11(29-32)15(33)27-4-3-5-31-10(2)7-12(30-31)17(21,22)23/h6-8H,3-5H2,1-2H3,(H,27,33). The van der Waals surface area contributed by atoms with Crippen LogP contribution in [0.15, 0.2) is 18.2 Å². The lowest BCUT2D eigenvalue weighted by Gasteiger charge is -2.20. The largest absolute Gasteiger partial charge is 0.459 e. The van der Waals surface area contributed by atoms with Gasteiger partial charge in [0.2, 0.25) is 0 Å². The van der Waals surface area contributed by atoms with Crippen molar-refractivity contribution >= 4 is 11.6 Å². The minimum Gasteiger partial charge on any atom is -0.351 e. The van der Waals surface area contributed by atoms with E-state index in [1.165, 1.54) is 13.8 Å². The van der Waals surface area contributed by atoms with Gasteiger partial charge in [-0.1, -0.05) is 0 Å². The fraction of sp³-hybridized carbons (Fsp3) is 0.444. The van der Waals surface area contributed by atoms with Crippen LogP contribution in [0.25, 0.3) is 5.65 Å². The van der Waals surface area contributed by atoms with Crippen LogP contribution in [0.4, 0.5) is 35.1 Å². The van der Waals surface area contributed by atoms with Crippen molar-refractivity contribution in [2.75, 3.05) is 6.54 Å². The molecule has 0 aliphatic rings. The number of rotatable bonds is 6. The zero-order valence-corrected chi connectivity index (χ0v) is 17.0. The number of nitrogens with zero attached hydrogens (tertiary/aromatic N) is 5. The molecule has 0 saturated carbocycles. The SMILES string of the molecule is Cc1cc(C(F)(F)C(F)(F)F)n2nc(C(=O)NCCCn3nc(C(F)(F)F)cc3C)cc2n1. The number of nitrogens with one attached hydrogen (secondary N) is 1. The van der Waals surface area contributed by atoms with Gasteiger partial charge < -0.3 is 5.32 Å². The van der Waals surface area contributed by atoms with Gasteiger partial charge in [0.25, 0.3) is 5.91 Å². The minimum absolute atomic E-state index is 0.0378. The zero-order valence-electron chi connectivity index (χ0n) is 17.0. The molecule has 3 rings (SSSR count). The van der Waals surface area contributed by atoms with Gasteiger partial charge in [0.05, 0.1) is 0 Å². The highest BCUT2D eigenvalue weighted by Gasteiger charge is 2.60. The lowest BCUT2D eigenvalue weighted by atomic mass is 10.2. The van der Waals surface area contributed by atoms with E-state index in [2.05, 4.69) is 20.5 Å².